The van der Waals surface area contributed by atoms with Crippen LogP contribution in [0.2, 0.25) is 0 Å². The molecular formula is C17H13NO5. The highest BCUT2D eigenvalue weighted by molar-refractivity contribution is 6.34. The number of carbonyl (C=O) groups is 3. The van der Waals surface area contributed by atoms with Crippen LogP contribution in [0.3, 0.4) is 0 Å². The third kappa shape index (κ3) is 2.55. The van der Waals surface area contributed by atoms with E-state index in [1.807, 2.05) is 0 Å². The third-order valence-corrected chi connectivity index (χ3v) is 3.57. The first-order valence-corrected chi connectivity index (χ1v) is 6.92. The first-order valence-electron chi connectivity index (χ1n) is 6.92. The lowest BCUT2D eigenvalue weighted by molar-refractivity contribution is -0.139. The Hall–Kier alpha value is -3.15. The predicted molar refractivity (Wildman–Crippen MR) is 81.9 cm³/mol. The zero-order chi connectivity index (χ0) is 16.6. The largest absolute Gasteiger partial charge is 0.482 e. The second-order valence-corrected chi connectivity index (χ2v) is 5.12. The van der Waals surface area contributed by atoms with Gasteiger partial charge in [0.1, 0.15) is 5.75 Å². The fraction of sp³-hybridized carbons (Fsp3) is 0.118. The second kappa shape index (κ2) is 5.57. The fourth-order valence-corrected chi connectivity index (χ4v) is 2.52. The summed E-state index contributed by atoms with van der Waals surface area (Å²) in [5.74, 6) is -1.45. The van der Waals surface area contributed by atoms with Crippen molar-refractivity contribution in [1.82, 2.24) is 0 Å². The van der Waals surface area contributed by atoms with Gasteiger partial charge in [-0.05, 0) is 42.8 Å². The van der Waals surface area contributed by atoms with E-state index in [9.17, 15) is 14.4 Å². The van der Waals surface area contributed by atoms with Gasteiger partial charge in [-0.3, -0.25) is 9.59 Å². The van der Waals surface area contributed by atoms with Gasteiger partial charge in [-0.15, -0.1) is 0 Å². The molecule has 6 nitrogen and oxygen atoms in total. The summed E-state index contributed by atoms with van der Waals surface area (Å²) in [4.78, 5) is 36.6. The van der Waals surface area contributed by atoms with Crippen molar-refractivity contribution in [3.63, 3.8) is 0 Å². The van der Waals surface area contributed by atoms with Crippen molar-refractivity contribution in [3.05, 3.63) is 59.2 Å². The van der Waals surface area contributed by atoms with Crippen LogP contribution in [0.5, 0.6) is 5.75 Å². The molecule has 0 aromatic heterocycles. The molecule has 0 atom stereocenters. The Morgan fingerprint density at radius 1 is 1.09 bits per heavy atom. The van der Waals surface area contributed by atoms with Gasteiger partial charge in [0.25, 0.3) is 11.8 Å². The Morgan fingerprint density at radius 2 is 1.70 bits per heavy atom. The Bertz CT molecular complexity index is 792. The number of aryl methyl sites for hydroxylation is 1. The van der Waals surface area contributed by atoms with Crippen LogP contribution < -0.4 is 9.64 Å². The molecule has 116 valence electrons. The van der Waals surface area contributed by atoms with Gasteiger partial charge in [0.2, 0.25) is 0 Å². The maximum Gasteiger partial charge on any atom is 0.341 e. The number of hydrogen-bond donors (Lipinski definition) is 1. The average Bonchev–Trinajstić information content (AvgIpc) is 2.78. The lowest BCUT2D eigenvalue weighted by Gasteiger charge is -2.17. The minimum atomic E-state index is -1.08. The lowest BCUT2D eigenvalue weighted by Crippen LogP contribution is -2.30. The number of rotatable bonds is 4. The van der Waals surface area contributed by atoms with E-state index in [0.717, 1.165) is 4.90 Å². The van der Waals surface area contributed by atoms with E-state index in [4.69, 9.17) is 9.84 Å². The van der Waals surface area contributed by atoms with Crippen LogP contribution in [0.15, 0.2) is 42.5 Å². The van der Waals surface area contributed by atoms with Gasteiger partial charge >= 0.3 is 5.97 Å². The summed E-state index contributed by atoms with van der Waals surface area (Å²) >= 11 is 0. The minimum Gasteiger partial charge on any atom is -0.482 e. The SMILES string of the molecule is Cc1cc(OCC(=O)O)ccc1N1C(=O)c2ccccc2C1=O. The van der Waals surface area contributed by atoms with Crippen molar-refractivity contribution < 1.29 is 24.2 Å². The van der Waals surface area contributed by atoms with Gasteiger partial charge in [0.15, 0.2) is 6.61 Å². The van der Waals surface area contributed by atoms with E-state index in [1.54, 1.807) is 43.3 Å². The molecule has 0 saturated carbocycles. The number of hydrogen-bond acceptors (Lipinski definition) is 4. The highest BCUT2D eigenvalue weighted by atomic mass is 16.5. The lowest BCUT2D eigenvalue weighted by atomic mass is 10.1. The first-order chi connectivity index (χ1) is 11.0. The highest BCUT2D eigenvalue weighted by Gasteiger charge is 2.36. The zero-order valence-corrected chi connectivity index (χ0v) is 12.3. The number of amides is 2. The number of imide groups is 1. The fourth-order valence-electron chi connectivity index (χ4n) is 2.52. The molecular weight excluding hydrogens is 298 g/mol. The Labute approximate surface area is 131 Å². The van der Waals surface area contributed by atoms with Gasteiger partial charge < -0.3 is 9.84 Å². The molecule has 1 N–H and O–H groups in total. The van der Waals surface area contributed by atoms with E-state index in [0.29, 0.717) is 28.1 Å². The number of nitrogens with zero attached hydrogens (tertiary/aromatic N) is 1. The quantitative estimate of drug-likeness (QED) is 0.876. The van der Waals surface area contributed by atoms with E-state index < -0.39 is 12.6 Å². The molecule has 2 aromatic carbocycles. The molecule has 2 aromatic rings. The number of carbonyl (C=O) groups excluding carboxylic acids is 2. The van der Waals surface area contributed by atoms with Crippen LogP contribution in [-0.2, 0) is 4.79 Å². The number of ether oxygens (including phenoxy) is 1. The molecule has 0 radical (unpaired) electrons. The molecule has 0 bridgehead atoms. The molecule has 6 heteroatoms. The van der Waals surface area contributed by atoms with Gasteiger partial charge in [0, 0.05) is 0 Å². The zero-order valence-electron chi connectivity index (χ0n) is 12.3. The van der Waals surface area contributed by atoms with Crippen molar-refractivity contribution in [1.29, 1.82) is 0 Å². The molecule has 0 spiro atoms. The van der Waals surface area contributed by atoms with Crippen LogP contribution in [0, 0.1) is 6.92 Å². The standard InChI is InChI=1S/C17H13NO5/c1-10-8-11(23-9-15(19)20)6-7-14(10)18-16(21)12-4-2-3-5-13(12)17(18)22/h2-8H,9H2,1H3,(H,19,20). The molecule has 1 aliphatic heterocycles. The molecule has 0 unspecified atom stereocenters. The molecule has 0 saturated heterocycles. The van der Waals surface area contributed by atoms with Crippen molar-refractivity contribution in [3.8, 4) is 5.75 Å². The summed E-state index contributed by atoms with van der Waals surface area (Å²) in [6.07, 6.45) is 0. The van der Waals surface area contributed by atoms with Crippen molar-refractivity contribution in [2.24, 2.45) is 0 Å². The normalized spacial score (nSPS) is 13.2. The average molecular weight is 311 g/mol. The number of anilines is 1. The van der Waals surface area contributed by atoms with Crippen LogP contribution in [0.1, 0.15) is 26.3 Å². The third-order valence-electron chi connectivity index (χ3n) is 3.57. The summed E-state index contributed by atoms with van der Waals surface area (Å²) in [6.45, 7) is 1.28. The summed E-state index contributed by atoms with van der Waals surface area (Å²) in [5.41, 5.74) is 1.85. The predicted octanol–water partition coefficient (Wildman–Crippen LogP) is 2.26. The summed E-state index contributed by atoms with van der Waals surface area (Å²) in [5, 5.41) is 8.62. The number of fused-ring (bicyclic) bond motifs is 1. The van der Waals surface area contributed by atoms with Crippen LogP contribution in [-0.4, -0.2) is 29.5 Å². The Balaban J connectivity index is 1.93. The summed E-state index contributed by atoms with van der Waals surface area (Å²) in [7, 11) is 0. The van der Waals surface area contributed by atoms with Gasteiger partial charge in [-0.1, -0.05) is 12.1 Å². The van der Waals surface area contributed by atoms with Crippen molar-refractivity contribution in [2.45, 2.75) is 6.92 Å². The van der Waals surface area contributed by atoms with Gasteiger partial charge in [-0.2, -0.15) is 0 Å². The van der Waals surface area contributed by atoms with E-state index in [-0.39, 0.29) is 11.8 Å². The monoisotopic (exact) mass is 311 g/mol. The molecule has 0 fully saturated rings. The Morgan fingerprint density at radius 3 is 2.22 bits per heavy atom. The van der Waals surface area contributed by atoms with Crippen molar-refractivity contribution in [2.75, 3.05) is 11.5 Å². The molecule has 1 heterocycles. The maximum absolute atomic E-state index is 12.5. The van der Waals surface area contributed by atoms with E-state index in [2.05, 4.69) is 0 Å². The molecule has 1 aliphatic rings. The highest BCUT2D eigenvalue weighted by Crippen LogP contribution is 2.32. The van der Waals surface area contributed by atoms with Gasteiger partial charge in [0.05, 0.1) is 16.8 Å². The topological polar surface area (TPSA) is 83.9 Å². The number of aliphatic carboxylic acids is 1. The first kappa shape index (κ1) is 14.8. The van der Waals surface area contributed by atoms with Crippen LogP contribution in [0.4, 0.5) is 5.69 Å². The van der Waals surface area contributed by atoms with Crippen LogP contribution >= 0.6 is 0 Å². The summed E-state index contributed by atoms with van der Waals surface area (Å²) in [6, 6.07) is 11.4. The van der Waals surface area contributed by atoms with Crippen molar-refractivity contribution >= 4 is 23.5 Å². The molecule has 0 aliphatic carbocycles. The molecule has 2 amide bonds. The van der Waals surface area contributed by atoms with Gasteiger partial charge in [-0.25, -0.2) is 9.69 Å². The van der Waals surface area contributed by atoms with E-state index in [1.165, 1.54) is 6.07 Å². The number of carboxylic acid groups (broad SMARTS) is 1. The summed E-state index contributed by atoms with van der Waals surface area (Å²) < 4.78 is 5.09. The number of carboxylic acids is 1. The van der Waals surface area contributed by atoms with E-state index >= 15 is 0 Å². The number of benzene rings is 2. The smallest absolute Gasteiger partial charge is 0.341 e. The molecule has 23 heavy (non-hydrogen) atoms. The molecule has 3 rings (SSSR count). The van der Waals surface area contributed by atoms with Crippen LogP contribution in [0.25, 0.3) is 0 Å². The minimum absolute atomic E-state index is 0.366. The Kier molecular flexibility index (Phi) is 3.57. The second-order valence-electron chi connectivity index (χ2n) is 5.12. The maximum atomic E-state index is 12.5.